The second kappa shape index (κ2) is 4.53. The molecule has 16 heavy (non-hydrogen) atoms. The third-order valence-corrected chi connectivity index (χ3v) is 2.88. The highest BCUT2D eigenvalue weighted by atomic mass is 16.3. The number of nitrogens with zero attached hydrogens (tertiary/aromatic N) is 1. The van der Waals surface area contributed by atoms with Crippen LogP contribution in [0.4, 0.5) is 5.69 Å². The van der Waals surface area contributed by atoms with Crippen LogP contribution in [0.25, 0.3) is 0 Å². The Labute approximate surface area is 94.9 Å². The highest BCUT2D eigenvalue weighted by Gasteiger charge is 2.26. The van der Waals surface area contributed by atoms with Crippen molar-refractivity contribution >= 4 is 11.6 Å². The van der Waals surface area contributed by atoms with Gasteiger partial charge in [-0.05, 0) is 18.6 Å². The SMILES string of the molecule is CNc1ccccc1C(=O)N1CC[C@@H](O)C1. The zero-order valence-electron chi connectivity index (χ0n) is 9.31. The normalized spacial score (nSPS) is 19.9. The van der Waals surface area contributed by atoms with E-state index in [1.54, 1.807) is 18.0 Å². The lowest BCUT2D eigenvalue weighted by atomic mass is 10.1. The molecule has 4 nitrogen and oxygen atoms in total. The van der Waals surface area contributed by atoms with Crippen molar-refractivity contribution in [3.05, 3.63) is 29.8 Å². The molecule has 0 unspecified atom stereocenters. The Hall–Kier alpha value is -1.55. The molecule has 4 heteroatoms. The second-order valence-electron chi connectivity index (χ2n) is 3.99. The van der Waals surface area contributed by atoms with Gasteiger partial charge in [-0.2, -0.15) is 0 Å². The lowest BCUT2D eigenvalue weighted by molar-refractivity contribution is 0.0766. The number of para-hydroxylation sites is 1. The molecule has 1 aromatic rings. The lowest BCUT2D eigenvalue weighted by Gasteiger charge is -2.17. The number of carbonyl (C=O) groups is 1. The number of aliphatic hydroxyl groups excluding tert-OH is 1. The maximum Gasteiger partial charge on any atom is 0.256 e. The minimum atomic E-state index is -0.370. The van der Waals surface area contributed by atoms with Gasteiger partial charge in [-0.3, -0.25) is 4.79 Å². The van der Waals surface area contributed by atoms with Crippen LogP contribution in [0.5, 0.6) is 0 Å². The number of carbonyl (C=O) groups excluding carboxylic acids is 1. The summed E-state index contributed by atoms with van der Waals surface area (Å²) in [4.78, 5) is 13.8. The van der Waals surface area contributed by atoms with E-state index in [9.17, 15) is 9.90 Å². The van der Waals surface area contributed by atoms with E-state index in [1.165, 1.54) is 0 Å². The molecule has 2 rings (SSSR count). The quantitative estimate of drug-likeness (QED) is 0.779. The van der Waals surface area contributed by atoms with Gasteiger partial charge in [0.25, 0.3) is 5.91 Å². The van der Waals surface area contributed by atoms with Crippen molar-refractivity contribution in [2.45, 2.75) is 12.5 Å². The van der Waals surface area contributed by atoms with Gasteiger partial charge in [-0.1, -0.05) is 12.1 Å². The summed E-state index contributed by atoms with van der Waals surface area (Å²) in [5.74, 6) is -0.0125. The number of hydrogen-bond donors (Lipinski definition) is 2. The fourth-order valence-corrected chi connectivity index (χ4v) is 1.98. The van der Waals surface area contributed by atoms with Crippen molar-refractivity contribution in [1.29, 1.82) is 0 Å². The lowest BCUT2D eigenvalue weighted by Crippen LogP contribution is -2.30. The summed E-state index contributed by atoms with van der Waals surface area (Å²) in [5, 5.41) is 12.4. The summed E-state index contributed by atoms with van der Waals surface area (Å²) in [7, 11) is 1.80. The van der Waals surface area contributed by atoms with Crippen LogP contribution in [0.3, 0.4) is 0 Å². The van der Waals surface area contributed by atoms with Gasteiger partial charge in [0.1, 0.15) is 0 Å². The third kappa shape index (κ3) is 2.02. The standard InChI is InChI=1S/C12H16N2O2/c1-13-11-5-3-2-4-10(11)12(16)14-7-6-9(15)8-14/h2-5,9,13,15H,6-8H2,1H3/t9-/m1/s1. The second-order valence-corrected chi connectivity index (χ2v) is 3.99. The van der Waals surface area contributed by atoms with E-state index < -0.39 is 0 Å². The van der Waals surface area contributed by atoms with Crippen LogP contribution in [-0.4, -0.2) is 42.2 Å². The number of hydrogen-bond acceptors (Lipinski definition) is 3. The van der Waals surface area contributed by atoms with Gasteiger partial charge in [-0.15, -0.1) is 0 Å². The molecule has 0 radical (unpaired) electrons. The van der Waals surface area contributed by atoms with Crippen molar-refractivity contribution in [2.24, 2.45) is 0 Å². The van der Waals surface area contributed by atoms with E-state index in [1.807, 2.05) is 18.2 Å². The Bertz CT molecular complexity index is 392. The van der Waals surface area contributed by atoms with Crippen LogP contribution in [0.15, 0.2) is 24.3 Å². The smallest absolute Gasteiger partial charge is 0.256 e. The van der Waals surface area contributed by atoms with Gasteiger partial charge >= 0.3 is 0 Å². The van der Waals surface area contributed by atoms with Crippen LogP contribution < -0.4 is 5.32 Å². The monoisotopic (exact) mass is 220 g/mol. The molecule has 1 atom stereocenters. The largest absolute Gasteiger partial charge is 0.391 e. The summed E-state index contributed by atoms with van der Waals surface area (Å²) in [6, 6.07) is 7.42. The predicted molar refractivity (Wildman–Crippen MR) is 62.5 cm³/mol. The van der Waals surface area contributed by atoms with Gasteiger partial charge in [-0.25, -0.2) is 0 Å². The first kappa shape index (κ1) is 11.0. The Morgan fingerprint density at radius 3 is 2.88 bits per heavy atom. The highest BCUT2D eigenvalue weighted by Crippen LogP contribution is 2.19. The summed E-state index contributed by atoms with van der Waals surface area (Å²) in [6.45, 7) is 1.08. The summed E-state index contributed by atoms with van der Waals surface area (Å²) < 4.78 is 0. The zero-order valence-corrected chi connectivity index (χ0v) is 9.31. The van der Waals surface area contributed by atoms with E-state index in [0.717, 1.165) is 5.69 Å². The molecule has 0 saturated carbocycles. The number of amides is 1. The summed E-state index contributed by atoms with van der Waals surface area (Å²) in [5.41, 5.74) is 1.49. The molecular weight excluding hydrogens is 204 g/mol. The number of benzene rings is 1. The van der Waals surface area contributed by atoms with Crippen LogP contribution >= 0.6 is 0 Å². The molecule has 1 aliphatic heterocycles. The molecule has 0 spiro atoms. The maximum absolute atomic E-state index is 12.1. The molecule has 0 aromatic heterocycles. The predicted octanol–water partition coefficient (Wildman–Crippen LogP) is 0.935. The minimum Gasteiger partial charge on any atom is -0.391 e. The number of β-amino-alcohol motifs (C(OH)–C–C–N with tert-alkyl or cyclic N) is 1. The fraction of sp³-hybridized carbons (Fsp3) is 0.417. The van der Waals surface area contributed by atoms with Gasteiger partial charge < -0.3 is 15.3 Å². The van der Waals surface area contributed by atoms with E-state index in [2.05, 4.69) is 5.32 Å². The van der Waals surface area contributed by atoms with Crippen LogP contribution in [0.2, 0.25) is 0 Å². The minimum absolute atomic E-state index is 0.0125. The van der Waals surface area contributed by atoms with E-state index in [0.29, 0.717) is 25.1 Å². The number of likely N-dealkylation sites (tertiary alicyclic amines) is 1. The Kier molecular flexibility index (Phi) is 3.10. The number of rotatable bonds is 2. The van der Waals surface area contributed by atoms with Crippen molar-refractivity contribution in [3.63, 3.8) is 0 Å². The molecule has 86 valence electrons. The average Bonchev–Trinajstić information content (AvgIpc) is 2.75. The van der Waals surface area contributed by atoms with Gasteiger partial charge in [0.05, 0.1) is 11.7 Å². The molecular formula is C12H16N2O2. The van der Waals surface area contributed by atoms with E-state index >= 15 is 0 Å². The summed E-state index contributed by atoms with van der Waals surface area (Å²) >= 11 is 0. The molecule has 1 fully saturated rings. The third-order valence-electron chi connectivity index (χ3n) is 2.88. The first-order valence-electron chi connectivity index (χ1n) is 5.46. The van der Waals surface area contributed by atoms with E-state index in [-0.39, 0.29) is 12.0 Å². The first-order chi connectivity index (χ1) is 7.72. The van der Waals surface area contributed by atoms with Gasteiger partial charge in [0.2, 0.25) is 0 Å². The van der Waals surface area contributed by atoms with Crippen molar-refractivity contribution in [2.75, 3.05) is 25.5 Å². The van der Waals surface area contributed by atoms with Crippen molar-refractivity contribution in [3.8, 4) is 0 Å². The highest BCUT2D eigenvalue weighted by molar-refractivity contribution is 5.99. The molecule has 1 heterocycles. The molecule has 0 bridgehead atoms. The summed E-state index contributed by atoms with van der Waals surface area (Å²) in [6.07, 6.45) is 0.304. The van der Waals surface area contributed by atoms with Crippen LogP contribution in [0.1, 0.15) is 16.8 Å². The fourth-order valence-electron chi connectivity index (χ4n) is 1.98. The maximum atomic E-state index is 12.1. The topological polar surface area (TPSA) is 52.6 Å². The molecule has 2 N–H and O–H groups in total. The average molecular weight is 220 g/mol. The van der Waals surface area contributed by atoms with Crippen molar-refractivity contribution < 1.29 is 9.90 Å². The molecule has 1 aromatic carbocycles. The Balaban J connectivity index is 2.20. The molecule has 1 amide bonds. The number of nitrogens with one attached hydrogen (secondary N) is 1. The first-order valence-corrected chi connectivity index (χ1v) is 5.46. The number of anilines is 1. The Morgan fingerprint density at radius 1 is 1.50 bits per heavy atom. The molecule has 0 aliphatic carbocycles. The zero-order chi connectivity index (χ0) is 11.5. The van der Waals surface area contributed by atoms with Crippen LogP contribution in [0, 0.1) is 0 Å². The molecule has 1 aliphatic rings. The van der Waals surface area contributed by atoms with Crippen molar-refractivity contribution in [1.82, 2.24) is 4.90 Å². The van der Waals surface area contributed by atoms with Gasteiger partial charge in [0.15, 0.2) is 0 Å². The van der Waals surface area contributed by atoms with E-state index in [4.69, 9.17) is 0 Å². The number of aliphatic hydroxyl groups is 1. The Morgan fingerprint density at radius 2 is 2.25 bits per heavy atom. The molecule has 1 saturated heterocycles. The van der Waals surface area contributed by atoms with Crippen LogP contribution in [-0.2, 0) is 0 Å². The van der Waals surface area contributed by atoms with Gasteiger partial charge in [0, 0.05) is 25.8 Å².